The van der Waals surface area contributed by atoms with E-state index in [1.807, 2.05) is 25.6 Å². The molecule has 1 aromatic heterocycles. The number of carbonyl (C=O) groups is 1. The molecule has 1 amide bonds. The molecule has 0 radical (unpaired) electrons. The normalized spacial score (nSPS) is 23.9. The highest BCUT2D eigenvalue weighted by Gasteiger charge is 2.29. The Kier molecular flexibility index (Phi) is 3.76. The van der Waals surface area contributed by atoms with Gasteiger partial charge in [-0.1, -0.05) is 6.42 Å². The van der Waals surface area contributed by atoms with E-state index < -0.39 is 0 Å². The lowest BCUT2D eigenvalue weighted by atomic mass is 10.1. The van der Waals surface area contributed by atoms with E-state index in [2.05, 4.69) is 21.8 Å². The molecule has 2 unspecified atom stereocenters. The Morgan fingerprint density at radius 1 is 1.47 bits per heavy atom. The zero-order valence-corrected chi connectivity index (χ0v) is 11.4. The van der Waals surface area contributed by atoms with Crippen molar-refractivity contribution in [1.29, 1.82) is 0 Å². The first-order chi connectivity index (χ1) is 8.13. The van der Waals surface area contributed by atoms with Crippen LogP contribution in [0, 0.1) is 13.8 Å². The van der Waals surface area contributed by atoms with Crippen molar-refractivity contribution >= 4 is 17.7 Å². The van der Waals surface area contributed by atoms with Gasteiger partial charge in [-0.2, -0.15) is 16.9 Å². The SMILES string of the molecule is CSC1CCCC1NC(=O)c1c(C)n[nH]c1C. The van der Waals surface area contributed by atoms with Crippen molar-refractivity contribution in [2.75, 3.05) is 6.26 Å². The van der Waals surface area contributed by atoms with E-state index in [0.717, 1.165) is 17.8 Å². The van der Waals surface area contributed by atoms with Gasteiger partial charge in [0, 0.05) is 17.0 Å². The van der Waals surface area contributed by atoms with Gasteiger partial charge < -0.3 is 5.32 Å². The van der Waals surface area contributed by atoms with E-state index >= 15 is 0 Å². The number of aryl methyl sites for hydroxylation is 2. The van der Waals surface area contributed by atoms with Crippen molar-refractivity contribution in [2.24, 2.45) is 0 Å². The van der Waals surface area contributed by atoms with Crippen molar-refractivity contribution in [3.05, 3.63) is 17.0 Å². The molecule has 4 nitrogen and oxygen atoms in total. The predicted octanol–water partition coefficient (Wildman–Crippen LogP) is 2.04. The Bertz CT molecular complexity index is 396. The van der Waals surface area contributed by atoms with Gasteiger partial charge in [-0.25, -0.2) is 0 Å². The third-order valence-corrected chi connectivity index (χ3v) is 4.60. The molecule has 5 heteroatoms. The first-order valence-corrected chi connectivity index (χ1v) is 7.27. The zero-order chi connectivity index (χ0) is 12.4. The van der Waals surface area contributed by atoms with Crippen LogP contribution in [0.2, 0.25) is 0 Å². The molecule has 1 heterocycles. The number of nitrogens with one attached hydrogen (secondary N) is 2. The molecule has 1 aliphatic carbocycles. The Hall–Kier alpha value is -0.970. The first-order valence-electron chi connectivity index (χ1n) is 5.98. The molecule has 2 rings (SSSR count). The van der Waals surface area contributed by atoms with Gasteiger partial charge >= 0.3 is 0 Å². The molecule has 94 valence electrons. The maximum absolute atomic E-state index is 12.2. The number of thioether (sulfide) groups is 1. The summed E-state index contributed by atoms with van der Waals surface area (Å²) in [7, 11) is 0. The summed E-state index contributed by atoms with van der Waals surface area (Å²) >= 11 is 1.85. The Morgan fingerprint density at radius 3 is 2.82 bits per heavy atom. The fourth-order valence-electron chi connectivity index (χ4n) is 2.50. The minimum atomic E-state index is 0.0136. The van der Waals surface area contributed by atoms with Crippen LogP contribution < -0.4 is 5.32 Å². The molecule has 0 saturated heterocycles. The lowest BCUT2D eigenvalue weighted by molar-refractivity contribution is 0.0937. The molecule has 2 atom stereocenters. The smallest absolute Gasteiger partial charge is 0.255 e. The molecule has 1 aliphatic rings. The van der Waals surface area contributed by atoms with Crippen LogP contribution in [0.3, 0.4) is 0 Å². The van der Waals surface area contributed by atoms with Crippen molar-refractivity contribution in [3.63, 3.8) is 0 Å². The molecular weight excluding hydrogens is 234 g/mol. The molecule has 1 fully saturated rings. The number of nitrogens with zero attached hydrogens (tertiary/aromatic N) is 1. The standard InChI is InChI=1S/C12H19N3OS/c1-7-11(8(2)15-14-7)12(16)13-9-5-4-6-10(9)17-3/h9-10H,4-6H2,1-3H3,(H,13,16)(H,14,15). The van der Waals surface area contributed by atoms with Gasteiger partial charge in [0.2, 0.25) is 0 Å². The maximum Gasteiger partial charge on any atom is 0.255 e. The Balaban J connectivity index is 2.07. The monoisotopic (exact) mass is 253 g/mol. The fourth-order valence-corrected chi connectivity index (χ4v) is 3.43. The summed E-state index contributed by atoms with van der Waals surface area (Å²) in [5.74, 6) is 0.0136. The summed E-state index contributed by atoms with van der Waals surface area (Å²) in [6.07, 6.45) is 5.62. The predicted molar refractivity (Wildman–Crippen MR) is 70.5 cm³/mol. The van der Waals surface area contributed by atoms with Crippen LogP contribution in [0.1, 0.15) is 41.0 Å². The summed E-state index contributed by atoms with van der Waals surface area (Å²) in [6.45, 7) is 3.74. The molecule has 0 bridgehead atoms. The molecule has 1 saturated carbocycles. The van der Waals surface area contributed by atoms with Gasteiger partial charge in [0.15, 0.2) is 0 Å². The second kappa shape index (κ2) is 5.12. The third-order valence-electron chi connectivity index (χ3n) is 3.43. The summed E-state index contributed by atoms with van der Waals surface area (Å²) in [6, 6.07) is 0.311. The number of hydrogen-bond acceptors (Lipinski definition) is 3. The van der Waals surface area contributed by atoms with Crippen molar-refractivity contribution in [3.8, 4) is 0 Å². The first kappa shape index (κ1) is 12.5. The molecule has 0 aromatic carbocycles. The summed E-state index contributed by atoms with van der Waals surface area (Å²) in [5.41, 5.74) is 2.33. The summed E-state index contributed by atoms with van der Waals surface area (Å²) in [5, 5.41) is 10.6. The highest BCUT2D eigenvalue weighted by atomic mass is 32.2. The average Bonchev–Trinajstić information content (AvgIpc) is 2.85. The van der Waals surface area contributed by atoms with Crippen molar-refractivity contribution in [1.82, 2.24) is 15.5 Å². The van der Waals surface area contributed by atoms with Gasteiger partial charge in [-0.15, -0.1) is 0 Å². The van der Waals surface area contributed by atoms with Gasteiger partial charge in [0.05, 0.1) is 11.3 Å². The molecule has 0 aliphatic heterocycles. The van der Waals surface area contributed by atoms with E-state index in [1.54, 1.807) is 0 Å². The molecule has 2 N–H and O–H groups in total. The number of rotatable bonds is 3. The minimum absolute atomic E-state index is 0.0136. The van der Waals surface area contributed by atoms with Gasteiger partial charge in [0.1, 0.15) is 0 Å². The molecule has 1 aromatic rings. The Morgan fingerprint density at radius 2 is 2.24 bits per heavy atom. The fraction of sp³-hybridized carbons (Fsp3) is 0.667. The largest absolute Gasteiger partial charge is 0.348 e. The lowest BCUT2D eigenvalue weighted by Gasteiger charge is -2.19. The van der Waals surface area contributed by atoms with Crippen molar-refractivity contribution < 1.29 is 4.79 Å². The second-order valence-corrected chi connectivity index (χ2v) is 5.67. The molecular formula is C12H19N3OS. The van der Waals surface area contributed by atoms with Crippen LogP contribution in [0.5, 0.6) is 0 Å². The number of aromatic nitrogens is 2. The quantitative estimate of drug-likeness (QED) is 0.866. The summed E-state index contributed by atoms with van der Waals surface area (Å²) in [4.78, 5) is 12.2. The van der Waals surface area contributed by atoms with Crippen LogP contribution in [-0.4, -0.2) is 33.7 Å². The van der Waals surface area contributed by atoms with Gasteiger partial charge in [-0.05, 0) is 32.9 Å². The number of hydrogen-bond donors (Lipinski definition) is 2. The summed E-state index contributed by atoms with van der Waals surface area (Å²) < 4.78 is 0. The van der Waals surface area contributed by atoms with Crippen LogP contribution in [0.15, 0.2) is 0 Å². The van der Waals surface area contributed by atoms with E-state index in [1.165, 1.54) is 12.8 Å². The van der Waals surface area contributed by atoms with E-state index in [9.17, 15) is 4.79 Å². The van der Waals surface area contributed by atoms with Crippen molar-refractivity contribution in [2.45, 2.75) is 44.4 Å². The van der Waals surface area contributed by atoms with E-state index in [0.29, 0.717) is 16.9 Å². The van der Waals surface area contributed by atoms with E-state index in [-0.39, 0.29) is 5.91 Å². The number of amides is 1. The van der Waals surface area contributed by atoms with Gasteiger partial charge in [-0.3, -0.25) is 9.89 Å². The highest BCUT2D eigenvalue weighted by molar-refractivity contribution is 7.99. The van der Waals surface area contributed by atoms with Crippen LogP contribution in [0.25, 0.3) is 0 Å². The third kappa shape index (κ3) is 2.49. The Labute approximate surface area is 106 Å². The molecule has 17 heavy (non-hydrogen) atoms. The maximum atomic E-state index is 12.2. The van der Waals surface area contributed by atoms with Crippen LogP contribution >= 0.6 is 11.8 Å². The highest BCUT2D eigenvalue weighted by Crippen LogP contribution is 2.28. The number of aromatic amines is 1. The van der Waals surface area contributed by atoms with Crippen LogP contribution in [-0.2, 0) is 0 Å². The van der Waals surface area contributed by atoms with E-state index in [4.69, 9.17) is 0 Å². The zero-order valence-electron chi connectivity index (χ0n) is 10.5. The average molecular weight is 253 g/mol. The molecule has 0 spiro atoms. The number of carbonyl (C=O) groups excluding carboxylic acids is 1. The number of H-pyrrole nitrogens is 1. The minimum Gasteiger partial charge on any atom is -0.348 e. The van der Waals surface area contributed by atoms with Gasteiger partial charge in [0.25, 0.3) is 5.91 Å². The second-order valence-electron chi connectivity index (χ2n) is 4.59. The van der Waals surface area contributed by atoms with Crippen LogP contribution in [0.4, 0.5) is 0 Å². The topological polar surface area (TPSA) is 57.8 Å². The lowest BCUT2D eigenvalue weighted by Crippen LogP contribution is -2.39.